The lowest BCUT2D eigenvalue weighted by molar-refractivity contribution is -0.109. The number of rotatable bonds is 4. The topological polar surface area (TPSA) is 93.3 Å². The number of nitrogen functional groups attached to an aromatic ring is 1. The van der Waals surface area contributed by atoms with E-state index in [9.17, 15) is 9.59 Å². The number of carboxylic acid groups (broad SMARTS) is 1. The Morgan fingerprint density at radius 3 is 2.82 bits per heavy atom. The first-order valence-electron chi connectivity index (χ1n) is 4.79. The van der Waals surface area contributed by atoms with Crippen molar-refractivity contribution in [2.24, 2.45) is 0 Å². The Balaban J connectivity index is 2.70. The van der Waals surface area contributed by atoms with Gasteiger partial charge in [0, 0.05) is 18.9 Å². The number of carboxylic acids is 1. The molecule has 0 spiro atoms. The highest BCUT2D eigenvalue weighted by atomic mass is 32.2. The predicted octanol–water partition coefficient (Wildman–Crippen LogP) is 1.65. The summed E-state index contributed by atoms with van der Waals surface area (Å²) in [7, 11) is 0. The van der Waals surface area contributed by atoms with E-state index in [1.807, 2.05) is 0 Å². The number of pyridine rings is 1. The first-order valence-corrected chi connectivity index (χ1v) is 5.78. The van der Waals surface area contributed by atoms with E-state index in [1.54, 1.807) is 12.2 Å². The molecule has 90 valence electrons. The lowest BCUT2D eigenvalue weighted by Gasteiger charge is -2.00. The summed E-state index contributed by atoms with van der Waals surface area (Å²) in [5, 5.41) is 8.78. The van der Waals surface area contributed by atoms with E-state index < -0.39 is 5.97 Å². The Kier molecular flexibility index (Phi) is 4.71. The number of hydrogen-bond acceptors (Lipinski definition) is 5. The molecule has 1 aromatic rings. The number of aromatic carboxylic acids is 1. The maximum Gasteiger partial charge on any atom is 0.356 e. The van der Waals surface area contributed by atoms with Crippen LogP contribution in [0.25, 0.3) is 6.08 Å². The van der Waals surface area contributed by atoms with Gasteiger partial charge in [-0.3, -0.25) is 4.79 Å². The molecular weight excluding hydrogens is 240 g/mol. The number of nitrogens with zero attached hydrogens (tertiary/aromatic N) is 1. The van der Waals surface area contributed by atoms with Crippen LogP contribution >= 0.6 is 11.8 Å². The molecule has 0 unspecified atom stereocenters. The van der Waals surface area contributed by atoms with Crippen LogP contribution in [-0.4, -0.2) is 26.9 Å². The van der Waals surface area contributed by atoms with Gasteiger partial charge < -0.3 is 10.8 Å². The van der Waals surface area contributed by atoms with Gasteiger partial charge in [-0.15, -0.1) is 0 Å². The van der Waals surface area contributed by atoms with Crippen LogP contribution in [0.1, 0.15) is 23.0 Å². The number of carbonyl (C=O) groups is 2. The third-order valence-corrected chi connectivity index (χ3v) is 2.60. The van der Waals surface area contributed by atoms with Crippen LogP contribution in [0, 0.1) is 0 Å². The van der Waals surface area contributed by atoms with E-state index in [2.05, 4.69) is 4.98 Å². The maximum atomic E-state index is 10.7. The van der Waals surface area contributed by atoms with Crippen molar-refractivity contribution in [3.05, 3.63) is 29.6 Å². The summed E-state index contributed by atoms with van der Waals surface area (Å²) < 4.78 is 0. The minimum atomic E-state index is -1.15. The fourth-order valence-corrected chi connectivity index (χ4v) is 1.55. The smallest absolute Gasteiger partial charge is 0.356 e. The first-order chi connectivity index (χ1) is 8.00. The van der Waals surface area contributed by atoms with Gasteiger partial charge in [0.1, 0.15) is 0 Å². The van der Waals surface area contributed by atoms with Crippen molar-refractivity contribution in [1.29, 1.82) is 0 Å². The van der Waals surface area contributed by atoms with Gasteiger partial charge in [-0.25, -0.2) is 9.78 Å². The number of anilines is 1. The summed E-state index contributed by atoms with van der Waals surface area (Å²) in [6, 6.07) is 1.53. The predicted molar refractivity (Wildman–Crippen MR) is 67.8 cm³/mol. The molecule has 1 heterocycles. The van der Waals surface area contributed by atoms with E-state index in [4.69, 9.17) is 10.8 Å². The van der Waals surface area contributed by atoms with E-state index in [0.29, 0.717) is 11.3 Å². The van der Waals surface area contributed by atoms with Crippen molar-refractivity contribution < 1.29 is 14.7 Å². The molecule has 0 bridgehead atoms. The van der Waals surface area contributed by atoms with E-state index in [-0.39, 0.29) is 16.5 Å². The zero-order valence-corrected chi connectivity index (χ0v) is 10.0. The number of thioether (sulfide) groups is 1. The van der Waals surface area contributed by atoms with Crippen molar-refractivity contribution >= 4 is 34.6 Å². The molecule has 3 N–H and O–H groups in total. The van der Waals surface area contributed by atoms with Crippen molar-refractivity contribution in [2.75, 3.05) is 11.5 Å². The summed E-state index contributed by atoms with van der Waals surface area (Å²) >= 11 is 1.19. The second-order valence-corrected chi connectivity index (χ2v) is 4.41. The molecule has 0 aliphatic heterocycles. The second kappa shape index (κ2) is 6.05. The fourth-order valence-electron chi connectivity index (χ4n) is 1.12. The first kappa shape index (κ1) is 13.2. The molecular formula is C11H12N2O3S. The fraction of sp³-hybridized carbons (Fsp3) is 0.182. The number of hydrogen-bond donors (Lipinski definition) is 2. The van der Waals surface area contributed by atoms with Crippen LogP contribution in [-0.2, 0) is 4.79 Å². The highest BCUT2D eigenvalue weighted by molar-refractivity contribution is 8.13. The minimum Gasteiger partial charge on any atom is -0.476 e. The van der Waals surface area contributed by atoms with Gasteiger partial charge in [-0.05, 0) is 11.6 Å². The summed E-state index contributed by atoms with van der Waals surface area (Å²) in [6.45, 7) is 1.50. The van der Waals surface area contributed by atoms with Gasteiger partial charge >= 0.3 is 5.97 Å². The summed E-state index contributed by atoms with van der Waals surface area (Å²) in [5.74, 6) is -0.583. The lowest BCUT2D eigenvalue weighted by atomic mass is 10.2. The summed E-state index contributed by atoms with van der Waals surface area (Å²) in [4.78, 5) is 25.1. The third kappa shape index (κ3) is 4.28. The van der Waals surface area contributed by atoms with Crippen LogP contribution in [0.3, 0.4) is 0 Å². The lowest BCUT2D eigenvalue weighted by Crippen LogP contribution is -2.05. The average molecular weight is 252 g/mol. The highest BCUT2D eigenvalue weighted by Crippen LogP contribution is 2.13. The van der Waals surface area contributed by atoms with Crippen LogP contribution in [0.15, 0.2) is 18.3 Å². The van der Waals surface area contributed by atoms with Gasteiger partial charge in [0.2, 0.25) is 0 Å². The molecule has 17 heavy (non-hydrogen) atoms. The molecule has 0 atom stereocenters. The Hall–Kier alpha value is -1.82. The van der Waals surface area contributed by atoms with Crippen LogP contribution < -0.4 is 5.73 Å². The van der Waals surface area contributed by atoms with Crippen LogP contribution in [0.2, 0.25) is 0 Å². The molecule has 1 aromatic heterocycles. The summed E-state index contributed by atoms with van der Waals surface area (Å²) in [5.41, 5.74) is 6.21. The molecule has 0 saturated heterocycles. The Bertz CT molecular complexity index is 472. The van der Waals surface area contributed by atoms with Gasteiger partial charge in [0.25, 0.3) is 0 Å². The molecule has 5 nitrogen and oxygen atoms in total. The molecule has 0 saturated carbocycles. The normalized spacial score (nSPS) is 10.6. The molecule has 0 aliphatic rings. The van der Waals surface area contributed by atoms with Gasteiger partial charge in [0.05, 0.1) is 5.69 Å². The average Bonchev–Trinajstić information content (AvgIpc) is 2.23. The molecule has 0 radical (unpaired) electrons. The molecule has 0 aromatic carbocycles. The number of nitrogens with two attached hydrogens (primary N) is 1. The SMILES string of the molecule is CC(=O)SCC=Cc1cnc(C(=O)O)c(N)c1. The summed E-state index contributed by atoms with van der Waals surface area (Å²) in [6.07, 6.45) is 4.96. The minimum absolute atomic E-state index is 0.0496. The zero-order valence-electron chi connectivity index (χ0n) is 9.21. The van der Waals surface area contributed by atoms with E-state index in [0.717, 1.165) is 0 Å². The van der Waals surface area contributed by atoms with E-state index in [1.165, 1.54) is 30.9 Å². The molecule has 6 heteroatoms. The van der Waals surface area contributed by atoms with Gasteiger partial charge in [-0.1, -0.05) is 23.9 Å². The zero-order chi connectivity index (χ0) is 12.8. The van der Waals surface area contributed by atoms with Crippen molar-refractivity contribution in [1.82, 2.24) is 4.98 Å². The van der Waals surface area contributed by atoms with Crippen molar-refractivity contribution in [3.63, 3.8) is 0 Å². The number of aromatic nitrogens is 1. The standard InChI is InChI=1S/C11H12N2O3S/c1-7(14)17-4-2-3-8-5-9(12)10(11(15)16)13-6-8/h2-3,5-6H,4,12H2,1H3,(H,15,16). The third-order valence-electron chi connectivity index (χ3n) is 1.83. The Morgan fingerprint density at radius 1 is 1.59 bits per heavy atom. The highest BCUT2D eigenvalue weighted by Gasteiger charge is 2.08. The van der Waals surface area contributed by atoms with E-state index >= 15 is 0 Å². The monoisotopic (exact) mass is 252 g/mol. The Morgan fingerprint density at radius 2 is 2.29 bits per heavy atom. The quantitative estimate of drug-likeness (QED) is 0.846. The molecule has 0 aliphatic carbocycles. The maximum absolute atomic E-state index is 10.7. The van der Waals surface area contributed by atoms with Crippen molar-refractivity contribution in [2.45, 2.75) is 6.92 Å². The molecule has 1 rings (SSSR count). The second-order valence-electron chi connectivity index (χ2n) is 3.22. The van der Waals surface area contributed by atoms with Gasteiger partial charge in [-0.2, -0.15) is 0 Å². The molecule has 0 amide bonds. The Labute approximate surface area is 103 Å². The van der Waals surface area contributed by atoms with Crippen molar-refractivity contribution in [3.8, 4) is 0 Å². The van der Waals surface area contributed by atoms with Crippen LogP contribution in [0.5, 0.6) is 0 Å². The van der Waals surface area contributed by atoms with Crippen LogP contribution in [0.4, 0.5) is 5.69 Å². The largest absolute Gasteiger partial charge is 0.476 e. The molecule has 0 fully saturated rings. The number of carbonyl (C=O) groups excluding carboxylic acids is 1. The van der Waals surface area contributed by atoms with Gasteiger partial charge in [0.15, 0.2) is 10.8 Å².